The Hall–Kier alpha value is -3.61. The van der Waals surface area contributed by atoms with Gasteiger partial charge in [-0.3, -0.25) is 14.3 Å². The number of rotatable bonds is 6. The van der Waals surface area contributed by atoms with Crippen LogP contribution in [0.15, 0.2) is 80.5 Å². The first kappa shape index (κ1) is 32.0. The van der Waals surface area contributed by atoms with Crippen LogP contribution in [0.5, 0.6) is 5.75 Å². The van der Waals surface area contributed by atoms with Gasteiger partial charge in [0.05, 0.1) is 20.0 Å². The minimum atomic E-state index is -1.13. The van der Waals surface area contributed by atoms with Crippen LogP contribution < -0.4 is 11.0 Å². The number of phenolic OH excluding ortho intramolecular Hbond substituents is 1. The Balaban J connectivity index is 1.09. The molecule has 0 radical (unpaired) electrons. The molecule has 3 aromatic carbocycles. The average Bonchev–Trinajstić information content (AvgIpc) is 3.41. The number of imidazole rings is 1. The van der Waals surface area contributed by atoms with Crippen molar-refractivity contribution in [3.63, 3.8) is 0 Å². The molecule has 3 aliphatic heterocycles. The van der Waals surface area contributed by atoms with Gasteiger partial charge in [-0.15, -0.1) is 0 Å². The van der Waals surface area contributed by atoms with Crippen LogP contribution in [0.2, 0.25) is 0 Å². The number of H-pyrrole nitrogens is 1. The number of nitrogens with zero attached hydrogens (tertiary/aromatic N) is 4. The predicted molar refractivity (Wildman–Crippen MR) is 187 cm³/mol. The first-order valence-corrected chi connectivity index (χ1v) is 17.8. The van der Waals surface area contributed by atoms with E-state index in [0.29, 0.717) is 54.3 Å². The van der Waals surface area contributed by atoms with Gasteiger partial charge in [-0.05, 0) is 92.9 Å². The highest BCUT2D eigenvalue weighted by molar-refractivity contribution is 9.11. The number of aromatic nitrogens is 2. The standard InChI is InChI=1S/C35H38Br2N6O4/c36-27-18-24(19-28(37)31(27)44)20-35(13-10-26-22-40(16-17-42(26)32(35)45)21-23-6-2-1-3-7-23)39-34(47)41-14-11-25(12-15-41)43-30-9-5-4-8-29(30)38-33(43)46/h1-9,18-19,25-26,44H,10-17,20-22H2,(H,38,46)(H,39,47)/t26-,35-/m0/s1. The van der Waals surface area contributed by atoms with E-state index in [4.69, 9.17) is 0 Å². The topological polar surface area (TPSA) is 114 Å². The summed E-state index contributed by atoms with van der Waals surface area (Å²) in [6.45, 7) is 3.95. The van der Waals surface area contributed by atoms with Crippen LogP contribution in [-0.4, -0.2) is 85.6 Å². The van der Waals surface area contributed by atoms with Gasteiger partial charge in [-0.25, -0.2) is 9.59 Å². The van der Waals surface area contributed by atoms with Crippen LogP contribution in [0.25, 0.3) is 11.0 Å². The third kappa shape index (κ3) is 6.35. The number of benzene rings is 3. The van der Waals surface area contributed by atoms with Crippen molar-refractivity contribution in [1.82, 2.24) is 29.6 Å². The second-order valence-corrected chi connectivity index (χ2v) is 14.8. The SMILES string of the molecule is O=C(N[C@]1(Cc2cc(Br)c(O)c(Br)c2)CC[C@H]2CN(Cc3ccccc3)CCN2C1=O)N1CCC(n2c(=O)[nH]c3ccccc32)CC1. The van der Waals surface area contributed by atoms with Crippen molar-refractivity contribution in [3.05, 3.63) is 97.3 Å². The van der Waals surface area contributed by atoms with Crippen molar-refractivity contribution in [2.45, 2.75) is 56.3 Å². The summed E-state index contributed by atoms with van der Waals surface area (Å²) in [5.41, 5.74) is 2.50. The van der Waals surface area contributed by atoms with E-state index in [1.165, 1.54) is 5.56 Å². The molecule has 0 unspecified atom stereocenters. The van der Waals surface area contributed by atoms with Crippen LogP contribution >= 0.6 is 31.9 Å². The third-order valence-electron chi connectivity index (χ3n) is 10.1. The van der Waals surface area contributed by atoms with Gasteiger partial charge in [0, 0.05) is 57.8 Å². The monoisotopic (exact) mass is 764 g/mol. The number of nitrogens with one attached hydrogen (secondary N) is 2. The first-order valence-electron chi connectivity index (χ1n) is 16.2. The second kappa shape index (κ2) is 13.1. The number of carbonyl (C=O) groups excluding carboxylic acids is 2. The maximum absolute atomic E-state index is 14.5. The molecule has 2 atom stereocenters. The summed E-state index contributed by atoms with van der Waals surface area (Å²) in [4.78, 5) is 50.4. The maximum atomic E-state index is 14.5. The molecule has 246 valence electrons. The number of fused-ring (bicyclic) bond motifs is 2. The Kier molecular flexibility index (Phi) is 8.92. The van der Waals surface area contributed by atoms with E-state index >= 15 is 0 Å². The van der Waals surface area contributed by atoms with Gasteiger partial charge < -0.3 is 25.2 Å². The number of aromatic hydroxyl groups is 1. The number of halogens is 2. The molecule has 0 saturated carbocycles. The van der Waals surface area contributed by atoms with Gasteiger partial charge in [0.1, 0.15) is 11.3 Å². The number of piperidine rings is 2. The van der Waals surface area contributed by atoms with E-state index in [1.54, 1.807) is 4.90 Å². The molecule has 3 fully saturated rings. The van der Waals surface area contributed by atoms with Gasteiger partial charge in [0.2, 0.25) is 5.91 Å². The number of amides is 3. The highest BCUT2D eigenvalue weighted by Crippen LogP contribution is 2.38. The van der Waals surface area contributed by atoms with E-state index in [9.17, 15) is 19.5 Å². The van der Waals surface area contributed by atoms with Crippen LogP contribution in [0.3, 0.4) is 0 Å². The normalized spacial score (nSPS) is 22.4. The Bertz CT molecular complexity index is 1830. The van der Waals surface area contributed by atoms with Crippen LogP contribution in [0.4, 0.5) is 4.79 Å². The summed E-state index contributed by atoms with van der Waals surface area (Å²) >= 11 is 6.87. The number of carbonyl (C=O) groups is 2. The lowest BCUT2D eigenvalue weighted by Gasteiger charge is -2.51. The number of phenols is 1. The second-order valence-electron chi connectivity index (χ2n) is 13.0. The van der Waals surface area contributed by atoms with E-state index in [0.717, 1.165) is 42.7 Å². The molecule has 3 aliphatic rings. The third-order valence-corrected chi connectivity index (χ3v) is 11.3. The Morgan fingerprint density at radius 3 is 2.34 bits per heavy atom. The maximum Gasteiger partial charge on any atom is 0.326 e. The highest BCUT2D eigenvalue weighted by atomic mass is 79.9. The summed E-state index contributed by atoms with van der Waals surface area (Å²) in [5.74, 6) is 0.0376. The van der Waals surface area contributed by atoms with E-state index in [1.807, 2.05) is 51.9 Å². The molecule has 12 heteroatoms. The van der Waals surface area contributed by atoms with Gasteiger partial charge in [0.25, 0.3) is 0 Å². The number of hydrogen-bond acceptors (Lipinski definition) is 5. The van der Waals surface area contributed by atoms with Crippen LogP contribution in [0.1, 0.15) is 42.9 Å². The molecular formula is C35H38Br2N6O4. The number of aromatic amines is 1. The molecule has 3 saturated heterocycles. The van der Waals surface area contributed by atoms with Crippen molar-refractivity contribution < 1.29 is 14.7 Å². The number of likely N-dealkylation sites (tertiary alicyclic amines) is 1. The molecule has 3 N–H and O–H groups in total. The molecule has 47 heavy (non-hydrogen) atoms. The molecule has 4 aromatic rings. The molecule has 0 spiro atoms. The fourth-order valence-corrected chi connectivity index (χ4v) is 8.94. The molecule has 4 heterocycles. The molecule has 0 bridgehead atoms. The zero-order valence-electron chi connectivity index (χ0n) is 26.0. The number of piperazine rings is 1. The zero-order chi connectivity index (χ0) is 32.7. The molecular weight excluding hydrogens is 728 g/mol. The lowest BCUT2D eigenvalue weighted by Crippen LogP contribution is -2.70. The van der Waals surface area contributed by atoms with E-state index in [2.05, 4.69) is 71.3 Å². The largest absolute Gasteiger partial charge is 0.506 e. The van der Waals surface area contributed by atoms with Crippen molar-refractivity contribution >= 4 is 54.8 Å². The van der Waals surface area contributed by atoms with Gasteiger partial charge in [-0.2, -0.15) is 0 Å². The van der Waals surface area contributed by atoms with Crippen LogP contribution in [-0.2, 0) is 17.8 Å². The van der Waals surface area contributed by atoms with Crippen molar-refractivity contribution in [1.29, 1.82) is 0 Å². The molecule has 3 amide bonds. The molecule has 7 rings (SSSR count). The van der Waals surface area contributed by atoms with Crippen molar-refractivity contribution in [3.8, 4) is 5.75 Å². The van der Waals surface area contributed by atoms with Crippen molar-refractivity contribution in [2.24, 2.45) is 0 Å². The van der Waals surface area contributed by atoms with Crippen molar-refractivity contribution in [2.75, 3.05) is 32.7 Å². The molecule has 1 aromatic heterocycles. The van der Waals surface area contributed by atoms with E-state index in [-0.39, 0.29) is 35.5 Å². The summed E-state index contributed by atoms with van der Waals surface area (Å²) in [5, 5.41) is 13.6. The predicted octanol–water partition coefficient (Wildman–Crippen LogP) is 5.40. The summed E-state index contributed by atoms with van der Waals surface area (Å²) < 4.78 is 2.86. The average molecular weight is 767 g/mol. The highest BCUT2D eigenvalue weighted by Gasteiger charge is 2.50. The fourth-order valence-electron chi connectivity index (χ4n) is 7.65. The van der Waals surface area contributed by atoms with Crippen LogP contribution in [0, 0.1) is 0 Å². The van der Waals surface area contributed by atoms with Gasteiger partial charge in [-0.1, -0.05) is 42.5 Å². The summed E-state index contributed by atoms with van der Waals surface area (Å²) in [7, 11) is 0. The Morgan fingerprint density at radius 2 is 1.60 bits per heavy atom. The van der Waals surface area contributed by atoms with E-state index < -0.39 is 5.54 Å². The number of para-hydroxylation sites is 2. The lowest BCUT2D eigenvalue weighted by atomic mass is 9.79. The lowest BCUT2D eigenvalue weighted by molar-refractivity contribution is -0.148. The quantitative estimate of drug-likeness (QED) is 0.244. The first-order chi connectivity index (χ1) is 22.7. The zero-order valence-corrected chi connectivity index (χ0v) is 29.2. The molecule has 0 aliphatic carbocycles. The van der Waals surface area contributed by atoms with Gasteiger partial charge in [0.15, 0.2) is 0 Å². The number of urea groups is 1. The summed E-state index contributed by atoms with van der Waals surface area (Å²) in [6.07, 6.45) is 2.85. The Morgan fingerprint density at radius 1 is 0.894 bits per heavy atom. The fraction of sp³-hybridized carbons (Fsp3) is 0.400. The Labute approximate surface area is 290 Å². The number of hydrogen-bond donors (Lipinski definition) is 3. The minimum absolute atomic E-state index is 0.0207. The smallest absolute Gasteiger partial charge is 0.326 e. The minimum Gasteiger partial charge on any atom is -0.506 e. The van der Waals surface area contributed by atoms with Gasteiger partial charge >= 0.3 is 11.7 Å². The molecule has 10 nitrogen and oxygen atoms in total. The summed E-state index contributed by atoms with van der Waals surface area (Å²) in [6, 6.07) is 21.5.